The standard InChI is InChI=1S/C16H25N3O/c1-3-4-5-6-12(2)19-16(20)13-7-8-14-15(11-13)18-10-9-17-14/h7-8,11-12,17-18H,3-6,9-10H2,1-2H3,(H,19,20). The van der Waals surface area contributed by atoms with Gasteiger partial charge in [0.1, 0.15) is 0 Å². The molecule has 1 amide bonds. The van der Waals surface area contributed by atoms with E-state index in [2.05, 4.69) is 29.8 Å². The fourth-order valence-corrected chi connectivity index (χ4v) is 2.46. The molecule has 0 saturated heterocycles. The number of hydrogen-bond acceptors (Lipinski definition) is 3. The highest BCUT2D eigenvalue weighted by Gasteiger charge is 2.13. The number of rotatable bonds is 6. The lowest BCUT2D eigenvalue weighted by molar-refractivity contribution is 0.0938. The number of hydrogen-bond donors (Lipinski definition) is 3. The van der Waals surface area contributed by atoms with Gasteiger partial charge in [-0.25, -0.2) is 0 Å². The van der Waals surface area contributed by atoms with Crippen LogP contribution in [0.3, 0.4) is 0 Å². The Morgan fingerprint density at radius 1 is 1.25 bits per heavy atom. The van der Waals surface area contributed by atoms with Gasteiger partial charge >= 0.3 is 0 Å². The Kier molecular flexibility index (Phi) is 5.27. The Morgan fingerprint density at radius 3 is 2.75 bits per heavy atom. The molecule has 4 heteroatoms. The molecule has 1 atom stereocenters. The van der Waals surface area contributed by atoms with E-state index in [1.54, 1.807) is 0 Å². The lowest BCUT2D eigenvalue weighted by Crippen LogP contribution is -2.32. The van der Waals surface area contributed by atoms with Gasteiger partial charge in [-0.3, -0.25) is 4.79 Å². The average Bonchev–Trinajstić information content (AvgIpc) is 2.47. The van der Waals surface area contributed by atoms with E-state index < -0.39 is 0 Å². The van der Waals surface area contributed by atoms with Gasteiger partial charge in [-0.1, -0.05) is 26.2 Å². The first-order chi connectivity index (χ1) is 9.70. The van der Waals surface area contributed by atoms with Gasteiger partial charge in [0.2, 0.25) is 0 Å². The summed E-state index contributed by atoms with van der Waals surface area (Å²) in [4.78, 5) is 12.2. The molecule has 0 saturated carbocycles. The van der Waals surface area contributed by atoms with Crippen molar-refractivity contribution < 1.29 is 4.79 Å². The van der Waals surface area contributed by atoms with Crippen molar-refractivity contribution in [2.45, 2.75) is 45.6 Å². The van der Waals surface area contributed by atoms with Crippen molar-refractivity contribution in [1.29, 1.82) is 0 Å². The highest BCUT2D eigenvalue weighted by atomic mass is 16.1. The SMILES string of the molecule is CCCCCC(C)NC(=O)c1ccc2c(c1)NCCN2. The fourth-order valence-electron chi connectivity index (χ4n) is 2.46. The maximum atomic E-state index is 12.2. The van der Waals surface area contributed by atoms with E-state index in [9.17, 15) is 4.79 Å². The highest BCUT2D eigenvalue weighted by Crippen LogP contribution is 2.25. The molecular formula is C16H25N3O. The van der Waals surface area contributed by atoms with E-state index in [-0.39, 0.29) is 11.9 Å². The van der Waals surface area contributed by atoms with Gasteiger partial charge in [-0.15, -0.1) is 0 Å². The Labute approximate surface area is 121 Å². The van der Waals surface area contributed by atoms with Crippen LogP contribution in [-0.4, -0.2) is 25.0 Å². The molecule has 1 unspecified atom stereocenters. The minimum absolute atomic E-state index is 0.0178. The first-order valence-electron chi connectivity index (χ1n) is 7.63. The van der Waals surface area contributed by atoms with Gasteiger partial charge in [-0.2, -0.15) is 0 Å². The molecule has 3 N–H and O–H groups in total. The minimum atomic E-state index is 0.0178. The second-order valence-electron chi connectivity index (χ2n) is 5.48. The molecular weight excluding hydrogens is 250 g/mol. The number of benzene rings is 1. The summed E-state index contributed by atoms with van der Waals surface area (Å²) < 4.78 is 0. The van der Waals surface area contributed by atoms with Crippen LogP contribution in [0, 0.1) is 0 Å². The van der Waals surface area contributed by atoms with Crippen molar-refractivity contribution in [1.82, 2.24) is 5.32 Å². The van der Waals surface area contributed by atoms with E-state index in [1.165, 1.54) is 19.3 Å². The van der Waals surface area contributed by atoms with Crippen LogP contribution in [-0.2, 0) is 0 Å². The quantitative estimate of drug-likeness (QED) is 0.699. The first kappa shape index (κ1) is 14.7. The van der Waals surface area contributed by atoms with Gasteiger partial charge in [0.15, 0.2) is 0 Å². The third-order valence-corrected chi connectivity index (χ3v) is 3.66. The van der Waals surface area contributed by atoms with E-state index >= 15 is 0 Å². The number of fused-ring (bicyclic) bond motifs is 1. The number of amides is 1. The van der Waals surface area contributed by atoms with E-state index in [0.717, 1.165) is 36.4 Å². The Balaban J connectivity index is 1.92. The molecule has 0 aliphatic carbocycles. The molecule has 0 spiro atoms. The summed E-state index contributed by atoms with van der Waals surface area (Å²) in [6, 6.07) is 6.01. The van der Waals surface area contributed by atoms with Gasteiger partial charge < -0.3 is 16.0 Å². The number of anilines is 2. The predicted molar refractivity (Wildman–Crippen MR) is 84.5 cm³/mol. The van der Waals surface area contributed by atoms with Crippen molar-refractivity contribution in [3.63, 3.8) is 0 Å². The van der Waals surface area contributed by atoms with Crippen molar-refractivity contribution in [3.8, 4) is 0 Å². The number of nitrogens with one attached hydrogen (secondary N) is 3. The summed E-state index contributed by atoms with van der Waals surface area (Å²) in [6.45, 7) is 6.08. The summed E-state index contributed by atoms with van der Waals surface area (Å²) >= 11 is 0. The predicted octanol–water partition coefficient (Wildman–Crippen LogP) is 3.22. The van der Waals surface area contributed by atoms with E-state index in [4.69, 9.17) is 0 Å². The first-order valence-corrected chi connectivity index (χ1v) is 7.63. The summed E-state index contributed by atoms with van der Waals surface area (Å²) in [6.07, 6.45) is 4.66. The smallest absolute Gasteiger partial charge is 0.251 e. The van der Waals surface area contributed by atoms with Crippen LogP contribution < -0.4 is 16.0 Å². The fraction of sp³-hybridized carbons (Fsp3) is 0.562. The molecule has 0 radical (unpaired) electrons. The molecule has 4 nitrogen and oxygen atoms in total. The number of carbonyl (C=O) groups is 1. The van der Waals surface area contributed by atoms with Crippen LogP contribution in [0.5, 0.6) is 0 Å². The second-order valence-corrected chi connectivity index (χ2v) is 5.48. The van der Waals surface area contributed by atoms with E-state index in [0.29, 0.717) is 0 Å². The molecule has 1 heterocycles. The molecule has 110 valence electrons. The maximum absolute atomic E-state index is 12.2. The molecule has 1 aromatic rings. The van der Waals surface area contributed by atoms with Crippen molar-refractivity contribution >= 4 is 17.3 Å². The molecule has 0 fully saturated rings. The zero-order valence-corrected chi connectivity index (χ0v) is 12.5. The zero-order chi connectivity index (χ0) is 14.4. The number of unbranched alkanes of at least 4 members (excludes halogenated alkanes) is 2. The lowest BCUT2D eigenvalue weighted by Gasteiger charge is -2.21. The van der Waals surface area contributed by atoms with Crippen molar-refractivity contribution in [2.75, 3.05) is 23.7 Å². The Bertz CT molecular complexity index is 459. The summed E-state index contributed by atoms with van der Waals surface area (Å²) in [5, 5.41) is 9.69. The van der Waals surface area contributed by atoms with Crippen LogP contribution in [0.2, 0.25) is 0 Å². The summed E-state index contributed by atoms with van der Waals surface area (Å²) in [5.41, 5.74) is 2.81. The van der Waals surface area contributed by atoms with Crippen LogP contribution in [0.25, 0.3) is 0 Å². The van der Waals surface area contributed by atoms with Gasteiger partial charge in [0.05, 0.1) is 11.4 Å². The van der Waals surface area contributed by atoms with Crippen molar-refractivity contribution in [3.05, 3.63) is 23.8 Å². The van der Waals surface area contributed by atoms with Crippen LogP contribution in [0.4, 0.5) is 11.4 Å². The third kappa shape index (κ3) is 3.89. The summed E-state index contributed by atoms with van der Waals surface area (Å²) in [5.74, 6) is 0.0178. The largest absolute Gasteiger partial charge is 0.382 e. The van der Waals surface area contributed by atoms with Crippen molar-refractivity contribution in [2.24, 2.45) is 0 Å². The van der Waals surface area contributed by atoms with Gasteiger partial charge in [0.25, 0.3) is 5.91 Å². The van der Waals surface area contributed by atoms with E-state index in [1.807, 2.05) is 18.2 Å². The maximum Gasteiger partial charge on any atom is 0.251 e. The molecule has 0 aromatic heterocycles. The Hall–Kier alpha value is -1.71. The molecule has 1 aliphatic heterocycles. The molecule has 20 heavy (non-hydrogen) atoms. The van der Waals surface area contributed by atoms with Gasteiger partial charge in [0, 0.05) is 24.7 Å². The second kappa shape index (κ2) is 7.17. The van der Waals surface area contributed by atoms with Crippen LogP contribution in [0.15, 0.2) is 18.2 Å². The topological polar surface area (TPSA) is 53.2 Å². The van der Waals surface area contributed by atoms with Gasteiger partial charge in [-0.05, 0) is 31.5 Å². The molecule has 2 rings (SSSR count). The zero-order valence-electron chi connectivity index (χ0n) is 12.5. The third-order valence-electron chi connectivity index (χ3n) is 3.66. The minimum Gasteiger partial charge on any atom is -0.382 e. The summed E-state index contributed by atoms with van der Waals surface area (Å²) in [7, 11) is 0. The van der Waals surface area contributed by atoms with Crippen LogP contribution in [0.1, 0.15) is 49.9 Å². The lowest BCUT2D eigenvalue weighted by atomic mass is 10.1. The molecule has 0 bridgehead atoms. The van der Waals surface area contributed by atoms with Crippen LogP contribution >= 0.6 is 0 Å². The number of carbonyl (C=O) groups excluding carboxylic acids is 1. The average molecular weight is 275 g/mol. The Morgan fingerprint density at radius 2 is 2.00 bits per heavy atom. The molecule has 1 aromatic carbocycles. The monoisotopic (exact) mass is 275 g/mol. The molecule has 1 aliphatic rings. The normalized spacial score (nSPS) is 14.7. The highest BCUT2D eigenvalue weighted by molar-refractivity contribution is 5.96.